The summed E-state index contributed by atoms with van der Waals surface area (Å²) in [6.07, 6.45) is 1.87. The van der Waals surface area contributed by atoms with E-state index in [1.54, 1.807) is 18.2 Å². The third kappa shape index (κ3) is 4.67. The van der Waals surface area contributed by atoms with E-state index in [9.17, 15) is 19.7 Å². The minimum Gasteiger partial charge on any atom is -0.481 e. The number of nitrogens with one attached hydrogen (secondary N) is 2. The lowest BCUT2D eigenvalue weighted by atomic mass is 10.1. The SMILES string of the molecule is O=C(CCNc1ccccc1[N+](=O)[O-])N[C@H]1CC[C@@H](C(=O)O)C1. The van der Waals surface area contributed by atoms with Gasteiger partial charge in [0.15, 0.2) is 0 Å². The summed E-state index contributed by atoms with van der Waals surface area (Å²) in [5.74, 6) is -1.39. The Bertz CT molecular complexity index is 605. The third-order valence-electron chi connectivity index (χ3n) is 3.92. The first-order valence-electron chi connectivity index (χ1n) is 7.47. The molecule has 8 heteroatoms. The highest BCUT2D eigenvalue weighted by molar-refractivity contribution is 5.77. The van der Waals surface area contributed by atoms with Crippen molar-refractivity contribution in [1.29, 1.82) is 0 Å². The van der Waals surface area contributed by atoms with Gasteiger partial charge in [-0.3, -0.25) is 19.7 Å². The molecular weight excluding hydrogens is 302 g/mol. The second-order valence-electron chi connectivity index (χ2n) is 5.56. The van der Waals surface area contributed by atoms with Crippen LogP contribution in [0.25, 0.3) is 0 Å². The average molecular weight is 321 g/mol. The predicted molar refractivity (Wildman–Crippen MR) is 83.1 cm³/mol. The molecule has 1 saturated carbocycles. The maximum Gasteiger partial charge on any atom is 0.306 e. The van der Waals surface area contributed by atoms with E-state index in [1.165, 1.54) is 6.07 Å². The maximum atomic E-state index is 11.9. The van der Waals surface area contributed by atoms with E-state index in [-0.39, 0.29) is 36.5 Å². The molecule has 0 saturated heterocycles. The lowest BCUT2D eigenvalue weighted by Gasteiger charge is -2.13. The standard InChI is InChI=1S/C15H19N3O5/c19-14(17-11-6-5-10(9-11)15(20)21)7-8-16-12-3-1-2-4-13(12)18(22)23/h1-4,10-11,16H,5-9H2,(H,17,19)(H,20,21)/t10-,11+/m1/s1. The summed E-state index contributed by atoms with van der Waals surface area (Å²) >= 11 is 0. The predicted octanol–water partition coefficient (Wildman–Crippen LogP) is 1.77. The Labute approximate surface area is 133 Å². The van der Waals surface area contributed by atoms with Crippen molar-refractivity contribution in [3.8, 4) is 0 Å². The summed E-state index contributed by atoms with van der Waals surface area (Å²) in [5.41, 5.74) is 0.338. The Morgan fingerprint density at radius 1 is 1.30 bits per heavy atom. The van der Waals surface area contributed by atoms with Crippen LogP contribution in [0.1, 0.15) is 25.7 Å². The zero-order valence-corrected chi connectivity index (χ0v) is 12.5. The Morgan fingerprint density at radius 3 is 2.70 bits per heavy atom. The normalized spacial score (nSPS) is 20.0. The molecule has 8 nitrogen and oxygen atoms in total. The first-order valence-corrected chi connectivity index (χ1v) is 7.47. The largest absolute Gasteiger partial charge is 0.481 e. The van der Waals surface area contributed by atoms with Crippen molar-refractivity contribution in [2.45, 2.75) is 31.7 Å². The molecule has 2 rings (SSSR count). The Balaban J connectivity index is 1.76. The number of hydrogen-bond donors (Lipinski definition) is 3. The highest BCUT2D eigenvalue weighted by Crippen LogP contribution is 2.26. The number of nitrogens with zero attached hydrogens (tertiary/aromatic N) is 1. The number of rotatable bonds is 7. The van der Waals surface area contributed by atoms with Crippen LogP contribution in [0, 0.1) is 16.0 Å². The zero-order chi connectivity index (χ0) is 16.8. The molecule has 1 aromatic rings. The monoisotopic (exact) mass is 321 g/mol. The molecule has 1 aromatic carbocycles. The fraction of sp³-hybridized carbons (Fsp3) is 0.467. The van der Waals surface area contributed by atoms with Crippen LogP contribution < -0.4 is 10.6 Å². The topological polar surface area (TPSA) is 122 Å². The van der Waals surface area contributed by atoms with Crippen molar-refractivity contribution in [1.82, 2.24) is 5.32 Å². The molecule has 1 aliphatic carbocycles. The highest BCUT2D eigenvalue weighted by Gasteiger charge is 2.30. The molecule has 1 aliphatic rings. The number of nitro benzene ring substituents is 1. The fourth-order valence-electron chi connectivity index (χ4n) is 2.73. The first kappa shape index (κ1) is 16.7. The van der Waals surface area contributed by atoms with Crippen LogP contribution in [0.5, 0.6) is 0 Å². The van der Waals surface area contributed by atoms with Gasteiger partial charge in [-0.1, -0.05) is 12.1 Å². The number of aliphatic carboxylic acids is 1. The van der Waals surface area contributed by atoms with E-state index < -0.39 is 10.9 Å². The van der Waals surface area contributed by atoms with Gasteiger partial charge in [0, 0.05) is 25.1 Å². The molecule has 0 heterocycles. The molecule has 0 unspecified atom stereocenters. The Hall–Kier alpha value is -2.64. The van der Waals surface area contributed by atoms with Gasteiger partial charge in [-0.2, -0.15) is 0 Å². The van der Waals surface area contributed by atoms with Crippen LogP contribution in [0.15, 0.2) is 24.3 Å². The van der Waals surface area contributed by atoms with Gasteiger partial charge >= 0.3 is 5.97 Å². The molecule has 0 spiro atoms. The summed E-state index contributed by atoms with van der Waals surface area (Å²) in [5, 5.41) is 25.5. The number of carbonyl (C=O) groups excluding carboxylic acids is 1. The van der Waals surface area contributed by atoms with Crippen LogP contribution >= 0.6 is 0 Å². The van der Waals surface area contributed by atoms with Crippen molar-refractivity contribution >= 4 is 23.3 Å². The highest BCUT2D eigenvalue weighted by atomic mass is 16.6. The van der Waals surface area contributed by atoms with Crippen molar-refractivity contribution in [3.63, 3.8) is 0 Å². The minimum atomic E-state index is -0.820. The first-order chi connectivity index (χ1) is 11.0. The number of carbonyl (C=O) groups is 2. The zero-order valence-electron chi connectivity index (χ0n) is 12.5. The van der Waals surface area contributed by atoms with Crippen LogP contribution in [-0.4, -0.2) is 34.5 Å². The molecule has 1 fully saturated rings. The number of carboxylic acid groups (broad SMARTS) is 1. The number of carboxylic acids is 1. The third-order valence-corrected chi connectivity index (χ3v) is 3.92. The molecule has 23 heavy (non-hydrogen) atoms. The molecule has 0 aliphatic heterocycles. The second kappa shape index (κ2) is 7.57. The summed E-state index contributed by atoms with van der Waals surface area (Å²) < 4.78 is 0. The van der Waals surface area contributed by atoms with Crippen molar-refractivity contribution in [3.05, 3.63) is 34.4 Å². The number of nitro groups is 1. The number of anilines is 1. The van der Waals surface area contributed by atoms with E-state index >= 15 is 0 Å². The molecule has 3 N–H and O–H groups in total. The van der Waals surface area contributed by atoms with Crippen LogP contribution in [0.3, 0.4) is 0 Å². The van der Waals surface area contributed by atoms with Gasteiger partial charge in [0.2, 0.25) is 5.91 Å². The summed E-state index contributed by atoms with van der Waals surface area (Å²) in [4.78, 5) is 33.1. The van der Waals surface area contributed by atoms with Gasteiger partial charge in [-0.15, -0.1) is 0 Å². The van der Waals surface area contributed by atoms with Gasteiger partial charge < -0.3 is 15.7 Å². The van der Waals surface area contributed by atoms with E-state index in [0.29, 0.717) is 24.9 Å². The lowest BCUT2D eigenvalue weighted by molar-refractivity contribution is -0.384. The maximum absolute atomic E-state index is 11.9. The summed E-state index contributed by atoms with van der Waals surface area (Å²) in [6.45, 7) is 0.270. The summed E-state index contributed by atoms with van der Waals surface area (Å²) in [7, 11) is 0. The van der Waals surface area contributed by atoms with E-state index in [0.717, 1.165) is 0 Å². The molecule has 0 bridgehead atoms. The molecule has 0 radical (unpaired) electrons. The smallest absolute Gasteiger partial charge is 0.306 e. The Morgan fingerprint density at radius 2 is 2.04 bits per heavy atom. The van der Waals surface area contributed by atoms with Gasteiger partial charge in [0.25, 0.3) is 5.69 Å². The number of para-hydroxylation sites is 2. The fourth-order valence-corrected chi connectivity index (χ4v) is 2.73. The number of amides is 1. The van der Waals surface area contributed by atoms with Crippen LogP contribution in [0.2, 0.25) is 0 Å². The van der Waals surface area contributed by atoms with Crippen molar-refractivity contribution in [2.24, 2.45) is 5.92 Å². The second-order valence-corrected chi connectivity index (χ2v) is 5.56. The van der Waals surface area contributed by atoms with Gasteiger partial charge in [-0.25, -0.2) is 0 Å². The molecule has 124 valence electrons. The van der Waals surface area contributed by atoms with E-state index in [1.807, 2.05) is 0 Å². The van der Waals surface area contributed by atoms with E-state index in [2.05, 4.69) is 10.6 Å². The number of benzene rings is 1. The van der Waals surface area contributed by atoms with Crippen LogP contribution in [0.4, 0.5) is 11.4 Å². The Kier molecular flexibility index (Phi) is 5.51. The van der Waals surface area contributed by atoms with E-state index in [4.69, 9.17) is 5.11 Å². The molecule has 1 amide bonds. The molecule has 2 atom stereocenters. The quantitative estimate of drug-likeness (QED) is 0.519. The van der Waals surface area contributed by atoms with Gasteiger partial charge in [0.1, 0.15) is 5.69 Å². The lowest BCUT2D eigenvalue weighted by Crippen LogP contribution is -2.34. The molecular formula is C15H19N3O5. The van der Waals surface area contributed by atoms with Crippen molar-refractivity contribution in [2.75, 3.05) is 11.9 Å². The van der Waals surface area contributed by atoms with Crippen molar-refractivity contribution < 1.29 is 19.6 Å². The molecule has 0 aromatic heterocycles. The number of hydrogen-bond acceptors (Lipinski definition) is 5. The van der Waals surface area contributed by atoms with Crippen LogP contribution in [-0.2, 0) is 9.59 Å². The minimum absolute atomic E-state index is 0.0343. The van der Waals surface area contributed by atoms with Gasteiger partial charge in [-0.05, 0) is 25.3 Å². The van der Waals surface area contributed by atoms with Gasteiger partial charge in [0.05, 0.1) is 10.8 Å². The summed E-state index contributed by atoms with van der Waals surface area (Å²) in [6, 6.07) is 6.14. The average Bonchev–Trinajstić information content (AvgIpc) is 2.96.